The van der Waals surface area contributed by atoms with E-state index in [-0.39, 0.29) is 24.5 Å². The number of anilines is 1. The third-order valence-electron chi connectivity index (χ3n) is 7.44. The molecule has 4 aromatic carbocycles. The highest BCUT2D eigenvalue weighted by atomic mass is 35.5. The third-order valence-corrected chi connectivity index (χ3v) is 7.78. The number of hydrogen-bond donors (Lipinski definition) is 3. The van der Waals surface area contributed by atoms with Crippen LogP contribution in [0.1, 0.15) is 39.9 Å². The van der Waals surface area contributed by atoms with E-state index in [0.717, 1.165) is 45.2 Å². The van der Waals surface area contributed by atoms with Gasteiger partial charge in [-0.3, -0.25) is 4.79 Å². The van der Waals surface area contributed by atoms with Crippen molar-refractivity contribution in [1.82, 2.24) is 10.3 Å². The Kier molecular flexibility index (Phi) is 7.20. The summed E-state index contributed by atoms with van der Waals surface area (Å²) in [5, 5.41) is 8.54. The number of ether oxygens (including phenoxy) is 2. The summed E-state index contributed by atoms with van der Waals surface area (Å²) < 4.78 is 11.5. The van der Waals surface area contributed by atoms with Crippen molar-refractivity contribution in [3.8, 4) is 11.5 Å². The molecule has 6 rings (SSSR count). The maximum Gasteiger partial charge on any atom is 0.262 e. The van der Waals surface area contributed by atoms with Gasteiger partial charge in [-0.05, 0) is 60.0 Å². The smallest absolute Gasteiger partial charge is 0.262 e. The molecule has 0 bridgehead atoms. The summed E-state index contributed by atoms with van der Waals surface area (Å²) in [6.07, 6.45) is 0. The van der Waals surface area contributed by atoms with Gasteiger partial charge in [-0.2, -0.15) is 0 Å². The zero-order valence-corrected chi connectivity index (χ0v) is 23.1. The minimum Gasteiger partial charge on any atom is -0.493 e. The van der Waals surface area contributed by atoms with E-state index < -0.39 is 0 Å². The maximum absolute atomic E-state index is 12.5. The van der Waals surface area contributed by atoms with Crippen LogP contribution in [0.2, 0.25) is 5.02 Å². The average molecular weight is 552 g/mol. The van der Waals surface area contributed by atoms with Crippen LogP contribution in [0, 0.1) is 6.92 Å². The van der Waals surface area contributed by atoms with Crippen molar-refractivity contribution in [3.63, 3.8) is 0 Å². The molecule has 5 aromatic rings. The van der Waals surface area contributed by atoms with E-state index in [0.29, 0.717) is 11.5 Å². The molecule has 0 spiro atoms. The summed E-state index contributed by atoms with van der Waals surface area (Å²) in [5.74, 6) is 0.935. The Morgan fingerprint density at radius 3 is 2.55 bits per heavy atom. The Morgan fingerprint density at radius 1 is 0.975 bits per heavy atom. The minimum absolute atomic E-state index is 0.0890. The largest absolute Gasteiger partial charge is 0.493 e. The van der Waals surface area contributed by atoms with Crippen molar-refractivity contribution >= 4 is 34.1 Å². The fourth-order valence-corrected chi connectivity index (χ4v) is 5.76. The number of carbonyl (C=O) groups excluding carboxylic acids is 1. The van der Waals surface area contributed by atoms with Crippen LogP contribution in [0.25, 0.3) is 10.9 Å². The number of halogens is 1. The Bertz CT molecular complexity index is 1680. The lowest BCUT2D eigenvalue weighted by Crippen LogP contribution is -2.34. The van der Waals surface area contributed by atoms with E-state index in [9.17, 15) is 4.79 Å². The van der Waals surface area contributed by atoms with Crippen LogP contribution in [0.5, 0.6) is 11.5 Å². The molecule has 0 radical (unpaired) electrons. The van der Waals surface area contributed by atoms with Gasteiger partial charge in [-0.1, -0.05) is 71.8 Å². The van der Waals surface area contributed by atoms with Crippen molar-refractivity contribution < 1.29 is 14.3 Å². The van der Waals surface area contributed by atoms with Gasteiger partial charge in [0.2, 0.25) is 0 Å². The number of aryl methyl sites for hydroxylation is 1. The second-order valence-electron chi connectivity index (χ2n) is 10.0. The number of carbonyl (C=O) groups is 1. The first kappa shape index (κ1) is 26.0. The molecule has 6 nitrogen and oxygen atoms in total. The number of fused-ring (bicyclic) bond motifs is 3. The fraction of sp³-hybridized carbons (Fsp3) is 0.182. The monoisotopic (exact) mass is 551 g/mol. The normalized spacial score (nSPS) is 16.4. The maximum atomic E-state index is 12.5. The predicted octanol–water partition coefficient (Wildman–Crippen LogP) is 6.98. The van der Waals surface area contributed by atoms with Gasteiger partial charge in [-0.15, -0.1) is 0 Å². The van der Waals surface area contributed by atoms with Crippen molar-refractivity contribution in [2.45, 2.75) is 18.9 Å². The highest BCUT2D eigenvalue weighted by Crippen LogP contribution is 2.44. The van der Waals surface area contributed by atoms with Gasteiger partial charge in [0.1, 0.15) is 0 Å². The first-order valence-electron chi connectivity index (χ1n) is 13.3. The Labute approximate surface area is 238 Å². The number of aromatic nitrogens is 1. The molecule has 1 aliphatic rings. The third kappa shape index (κ3) is 5.04. The summed E-state index contributed by atoms with van der Waals surface area (Å²) in [6.45, 7) is 2.60. The van der Waals surface area contributed by atoms with Gasteiger partial charge in [0.05, 0.1) is 13.2 Å². The number of para-hydroxylation sites is 1. The average Bonchev–Trinajstić information content (AvgIpc) is 3.37. The summed E-state index contributed by atoms with van der Waals surface area (Å²) >= 11 is 6.66. The van der Waals surface area contributed by atoms with Crippen molar-refractivity contribution in [2.24, 2.45) is 0 Å². The molecule has 7 heteroatoms. The van der Waals surface area contributed by atoms with E-state index in [1.807, 2.05) is 73.7 Å². The highest BCUT2D eigenvalue weighted by molar-refractivity contribution is 6.31. The molecule has 1 aromatic heterocycles. The Balaban J connectivity index is 1.27. The predicted molar refractivity (Wildman–Crippen MR) is 160 cm³/mol. The topological polar surface area (TPSA) is 75.4 Å². The van der Waals surface area contributed by atoms with Crippen LogP contribution in [-0.4, -0.2) is 31.2 Å². The number of aromatic amines is 1. The molecule has 40 heavy (non-hydrogen) atoms. The minimum atomic E-state index is -0.239. The van der Waals surface area contributed by atoms with E-state index in [1.165, 1.54) is 10.9 Å². The number of H-pyrrole nitrogens is 1. The number of methoxy groups -OCH3 is 1. The van der Waals surface area contributed by atoms with E-state index >= 15 is 0 Å². The SMILES string of the molecule is COc1cc([C@H]2NC[C@H](c3ccccc3Cl)c3c2[nH]c2ccccc32)ccc1OCC(=O)Nc1ccc(C)cc1. The first-order chi connectivity index (χ1) is 19.5. The zero-order chi connectivity index (χ0) is 27.6. The van der Waals surface area contributed by atoms with Crippen LogP contribution in [0.15, 0.2) is 91.0 Å². The summed E-state index contributed by atoms with van der Waals surface area (Å²) in [7, 11) is 1.61. The summed E-state index contributed by atoms with van der Waals surface area (Å²) in [5.41, 5.74) is 7.43. The Morgan fingerprint density at radius 2 is 1.75 bits per heavy atom. The molecule has 3 N–H and O–H groups in total. The molecule has 0 saturated carbocycles. The van der Waals surface area contributed by atoms with Gasteiger partial charge in [0.15, 0.2) is 18.1 Å². The van der Waals surface area contributed by atoms with E-state index in [2.05, 4.69) is 39.9 Å². The lowest BCUT2D eigenvalue weighted by Gasteiger charge is -2.32. The van der Waals surface area contributed by atoms with Crippen molar-refractivity contribution in [1.29, 1.82) is 0 Å². The van der Waals surface area contributed by atoms with Crippen LogP contribution in [0.3, 0.4) is 0 Å². The van der Waals surface area contributed by atoms with Crippen LogP contribution in [-0.2, 0) is 4.79 Å². The van der Waals surface area contributed by atoms with Gasteiger partial charge >= 0.3 is 0 Å². The highest BCUT2D eigenvalue weighted by Gasteiger charge is 2.33. The first-order valence-corrected chi connectivity index (χ1v) is 13.6. The number of amides is 1. The van der Waals surface area contributed by atoms with Gasteiger partial charge in [-0.25, -0.2) is 0 Å². The molecule has 0 unspecified atom stereocenters. The molecule has 0 aliphatic carbocycles. The lowest BCUT2D eigenvalue weighted by molar-refractivity contribution is -0.118. The van der Waals surface area contributed by atoms with Gasteiger partial charge in [0, 0.05) is 39.8 Å². The van der Waals surface area contributed by atoms with Crippen molar-refractivity contribution in [3.05, 3.63) is 124 Å². The second-order valence-corrected chi connectivity index (χ2v) is 10.4. The second kappa shape index (κ2) is 11.1. The number of rotatable bonds is 7. The van der Waals surface area contributed by atoms with E-state index in [4.69, 9.17) is 21.1 Å². The number of nitrogens with one attached hydrogen (secondary N) is 3. The van der Waals surface area contributed by atoms with Gasteiger partial charge in [0.25, 0.3) is 5.91 Å². The molecule has 1 amide bonds. The molecule has 0 fully saturated rings. The molecule has 1 aliphatic heterocycles. The summed E-state index contributed by atoms with van der Waals surface area (Å²) in [4.78, 5) is 16.2. The van der Waals surface area contributed by atoms with Crippen LogP contribution >= 0.6 is 11.6 Å². The van der Waals surface area contributed by atoms with Crippen molar-refractivity contribution in [2.75, 3.05) is 25.6 Å². The zero-order valence-electron chi connectivity index (χ0n) is 22.3. The molecule has 2 heterocycles. The fourth-order valence-electron chi connectivity index (χ4n) is 5.50. The molecule has 0 saturated heterocycles. The quantitative estimate of drug-likeness (QED) is 0.204. The Hall–Kier alpha value is -4.26. The van der Waals surface area contributed by atoms with Crippen LogP contribution in [0.4, 0.5) is 5.69 Å². The molecule has 202 valence electrons. The number of benzene rings is 4. The molecule has 2 atom stereocenters. The van der Waals surface area contributed by atoms with Gasteiger partial charge < -0.3 is 25.1 Å². The molecular formula is C33H30ClN3O3. The molecular weight excluding hydrogens is 522 g/mol. The van der Waals surface area contributed by atoms with E-state index in [1.54, 1.807) is 7.11 Å². The number of hydrogen-bond acceptors (Lipinski definition) is 4. The van der Waals surface area contributed by atoms with Crippen LogP contribution < -0.4 is 20.1 Å². The standard InChI is InChI=1S/C33H30ClN3O3/c1-20-11-14-22(15-12-20)36-30(38)19-40-28-16-13-21(17-29(28)39-2)32-33-31(24-8-4-6-10-27(24)37-33)25(18-35-32)23-7-3-5-9-26(23)34/h3-17,25,32,35,37H,18-19H2,1-2H3,(H,36,38)/t25-,32-/m1/s1. The summed E-state index contributed by atoms with van der Waals surface area (Å²) in [6, 6.07) is 29.8. The lowest BCUT2D eigenvalue weighted by atomic mass is 9.83.